The van der Waals surface area contributed by atoms with Gasteiger partial charge in [-0.3, -0.25) is 13.9 Å². The number of anilines is 1. The summed E-state index contributed by atoms with van der Waals surface area (Å²) in [6, 6.07) is 11.3. The van der Waals surface area contributed by atoms with Gasteiger partial charge < -0.3 is 15.0 Å². The van der Waals surface area contributed by atoms with Crippen molar-refractivity contribution in [1.82, 2.24) is 10.2 Å². The Kier molecular flexibility index (Phi) is 10.4. The predicted octanol–water partition coefficient (Wildman–Crippen LogP) is 3.76. The number of sulfonamides is 1. The van der Waals surface area contributed by atoms with Crippen molar-refractivity contribution in [1.29, 1.82) is 0 Å². The van der Waals surface area contributed by atoms with Gasteiger partial charge in [0.1, 0.15) is 18.3 Å². The van der Waals surface area contributed by atoms with Crippen LogP contribution in [0, 0.1) is 6.92 Å². The smallest absolute Gasteiger partial charge is 0.244 e. The Morgan fingerprint density at radius 3 is 2.31 bits per heavy atom. The van der Waals surface area contributed by atoms with E-state index in [1.807, 2.05) is 26.0 Å². The maximum Gasteiger partial charge on any atom is 0.244 e. The molecule has 192 valence electrons. The molecule has 0 saturated carbocycles. The highest BCUT2D eigenvalue weighted by molar-refractivity contribution is 7.92. The van der Waals surface area contributed by atoms with E-state index in [4.69, 9.17) is 16.3 Å². The maximum atomic E-state index is 13.7. The first kappa shape index (κ1) is 28.5. The Labute approximate surface area is 213 Å². The summed E-state index contributed by atoms with van der Waals surface area (Å²) in [6.45, 7) is 5.66. The van der Waals surface area contributed by atoms with Crippen LogP contribution in [0.2, 0.25) is 5.02 Å². The zero-order chi connectivity index (χ0) is 26.2. The molecule has 0 radical (unpaired) electrons. The second kappa shape index (κ2) is 12.8. The lowest BCUT2D eigenvalue weighted by atomic mass is 10.1. The van der Waals surface area contributed by atoms with Gasteiger partial charge in [0.2, 0.25) is 21.8 Å². The summed E-state index contributed by atoms with van der Waals surface area (Å²) in [5, 5.41) is 3.21. The minimum atomic E-state index is -3.82. The van der Waals surface area contributed by atoms with Gasteiger partial charge in [-0.15, -0.1) is 0 Å². The van der Waals surface area contributed by atoms with Crippen LogP contribution >= 0.6 is 11.6 Å². The first-order chi connectivity index (χ1) is 16.5. The Balaban J connectivity index is 2.46. The minimum absolute atomic E-state index is 0.132. The molecule has 0 bridgehead atoms. The number of nitrogens with one attached hydrogen (secondary N) is 1. The van der Waals surface area contributed by atoms with Gasteiger partial charge in [0.05, 0.1) is 19.1 Å². The van der Waals surface area contributed by atoms with Crippen molar-refractivity contribution in [2.75, 3.05) is 30.8 Å². The molecule has 8 nitrogen and oxygen atoms in total. The molecular weight excluding hydrogens is 490 g/mol. The summed E-state index contributed by atoms with van der Waals surface area (Å²) in [5.41, 5.74) is 1.76. The third-order valence-corrected chi connectivity index (χ3v) is 6.93. The number of rotatable bonds is 12. The van der Waals surface area contributed by atoms with Crippen LogP contribution in [0.25, 0.3) is 0 Å². The van der Waals surface area contributed by atoms with Gasteiger partial charge >= 0.3 is 0 Å². The predicted molar refractivity (Wildman–Crippen MR) is 139 cm³/mol. The number of halogens is 1. The van der Waals surface area contributed by atoms with E-state index >= 15 is 0 Å². The number of methoxy groups -OCH3 is 1. The summed E-state index contributed by atoms with van der Waals surface area (Å²) >= 11 is 6.13. The Morgan fingerprint density at radius 2 is 1.77 bits per heavy atom. The molecule has 0 saturated heterocycles. The lowest BCUT2D eigenvalue weighted by Gasteiger charge is -2.33. The molecule has 0 aromatic heterocycles. The Bertz CT molecular complexity index is 1120. The second-order valence-electron chi connectivity index (χ2n) is 8.29. The lowest BCUT2D eigenvalue weighted by Crippen LogP contribution is -2.52. The highest BCUT2D eigenvalue weighted by atomic mass is 35.5. The SMILES string of the molecule is CCCNC(=O)C(CC)N(Cc1ccc(OC)cc1)C(=O)CN(c1cc(Cl)ccc1C)S(C)(=O)=O. The Morgan fingerprint density at radius 1 is 1.11 bits per heavy atom. The van der Waals surface area contributed by atoms with E-state index in [-0.39, 0.29) is 12.5 Å². The zero-order valence-electron chi connectivity index (χ0n) is 20.9. The average Bonchev–Trinajstić information content (AvgIpc) is 2.82. The van der Waals surface area contributed by atoms with Gasteiger partial charge in [0.25, 0.3) is 0 Å². The molecular formula is C25H34ClN3O5S. The Hall–Kier alpha value is -2.78. The molecule has 35 heavy (non-hydrogen) atoms. The van der Waals surface area contributed by atoms with E-state index in [2.05, 4.69) is 5.32 Å². The van der Waals surface area contributed by atoms with Crippen molar-refractivity contribution < 1.29 is 22.7 Å². The van der Waals surface area contributed by atoms with Crippen LogP contribution in [-0.2, 0) is 26.2 Å². The van der Waals surface area contributed by atoms with Crippen molar-refractivity contribution in [3.05, 3.63) is 58.6 Å². The highest BCUT2D eigenvalue weighted by Gasteiger charge is 2.32. The van der Waals surface area contributed by atoms with Gasteiger partial charge in [-0.05, 0) is 55.2 Å². The molecule has 2 aromatic carbocycles. The fraction of sp³-hybridized carbons (Fsp3) is 0.440. The molecule has 2 amide bonds. The topological polar surface area (TPSA) is 96.0 Å². The summed E-state index contributed by atoms with van der Waals surface area (Å²) in [7, 11) is -2.26. The highest BCUT2D eigenvalue weighted by Crippen LogP contribution is 2.27. The van der Waals surface area contributed by atoms with Crippen LogP contribution < -0.4 is 14.4 Å². The van der Waals surface area contributed by atoms with Crippen molar-refractivity contribution in [3.8, 4) is 5.75 Å². The fourth-order valence-electron chi connectivity index (χ4n) is 3.66. The van der Waals surface area contributed by atoms with E-state index in [1.165, 1.54) is 11.0 Å². The number of hydrogen-bond donors (Lipinski definition) is 1. The second-order valence-corrected chi connectivity index (χ2v) is 10.6. The van der Waals surface area contributed by atoms with Crippen LogP contribution in [0.5, 0.6) is 5.75 Å². The van der Waals surface area contributed by atoms with Crippen LogP contribution in [-0.4, -0.2) is 57.6 Å². The maximum absolute atomic E-state index is 13.7. The summed E-state index contributed by atoms with van der Waals surface area (Å²) in [6.07, 6.45) is 2.16. The molecule has 0 aliphatic heterocycles. The van der Waals surface area contributed by atoms with E-state index < -0.39 is 28.5 Å². The molecule has 0 spiro atoms. The lowest BCUT2D eigenvalue weighted by molar-refractivity contribution is -0.140. The van der Waals surface area contributed by atoms with Crippen molar-refractivity contribution in [3.63, 3.8) is 0 Å². The molecule has 1 unspecified atom stereocenters. The number of carbonyl (C=O) groups is 2. The number of carbonyl (C=O) groups excluding carboxylic acids is 2. The van der Waals surface area contributed by atoms with Gasteiger partial charge in [0.15, 0.2) is 0 Å². The molecule has 1 atom stereocenters. The van der Waals surface area contributed by atoms with E-state index in [0.717, 1.165) is 22.5 Å². The molecule has 2 aromatic rings. The van der Waals surface area contributed by atoms with E-state index in [1.54, 1.807) is 38.3 Å². The largest absolute Gasteiger partial charge is 0.497 e. The molecule has 10 heteroatoms. The van der Waals surface area contributed by atoms with Gasteiger partial charge in [-0.2, -0.15) is 0 Å². The van der Waals surface area contributed by atoms with Crippen LogP contribution in [0.3, 0.4) is 0 Å². The number of benzene rings is 2. The molecule has 1 N–H and O–H groups in total. The van der Waals surface area contributed by atoms with Crippen molar-refractivity contribution in [2.24, 2.45) is 0 Å². The van der Waals surface area contributed by atoms with Crippen molar-refractivity contribution >= 4 is 39.1 Å². The van der Waals surface area contributed by atoms with Gasteiger partial charge in [-0.1, -0.05) is 43.6 Å². The molecule has 0 heterocycles. The molecule has 0 aliphatic rings. The van der Waals surface area contributed by atoms with Gasteiger partial charge in [-0.25, -0.2) is 8.42 Å². The van der Waals surface area contributed by atoms with Crippen LogP contribution in [0.15, 0.2) is 42.5 Å². The summed E-state index contributed by atoms with van der Waals surface area (Å²) in [4.78, 5) is 28.0. The standard InChI is InChI=1S/C25H34ClN3O5S/c1-6-14-27-25(31)22(7-2)28(16-19-9-12-21(34-4)13-10-19)24(30)17-29(35(5,32)33)23-15-20(26)11-8-18(23)3/h8-13,15,22H,6-7,14,16-17H2,1-5H3,(H,27,31). The first-order valence-corrected chi connectivity index (χ1v) is 13.7. The molecule has 0 fully saturated rings. The number of nitrogens with zero attached hydrogens (tertiary/aromatic N) is 2. The third kappa shape index (κ3) is 7.86. The van der Waals surface area contributed by atoms with Gasteiger partial charge in [0, 0.05) is 18.1 Å². The number of ether oxygens (including phenoxy) is 1. The van der Waals surface area contributed by atoms with E-state index in [9.17, 15) is 18.0 Å². The number of aryl methyl sites for hydroxylation is 1. The van der Waals surface area contributed by atoms with Crippen LogP contribution in [0.4, 0.5) is 5.69 Å². The quantitative estimate of drug-likeness (QED) is 0.457. The number of amides is 2. The minimum Gasteiger partial charge on any atom is -0.497 e. The fourth-order valence-corrected chi connectivity index (χ4v) is 4.72. The zero-order valence-corrected chi connectivity index (χ0v) is 22.4. The summed E-state index contributed by atoms with van der Waals surface area (Å²) < 4.78 is 31.7. The van der Waals surface area contributed by atoms with Crippen LogP contribution in [0.1, 0.15) is 37.8 Å². The normalized spacial score (nSPS) is 12.1. The van der Waals surface area contributed by atoms with E-state index in [0.29, 0.717) is 35.0 Å². The number of hydrogen-bond acceptors (Lipinski definition) is 5. The average molecular weight is 524 g/mol. The van der Waals surface area contributed by atoms with Crippen molar-refractivity contribution in [2.45, 2.75) is 46.2 Å². The third-order valence-electron chi connectivity index (χ3n) is 5.57. The molecule has 0 aliphatic carbocycles. The summed E-state index contributed by atoms with van der Waals surface area (Å²) in [5.74, 6) is -0.107. The monoisotopic (exact) mass is 523 g/mol. The molecule has 2 rings (SSSR count). The first-order valence-electron chi connectivity index (χ1n) is 11.5.